The fourth-order valence-electron chi connectivity index (χ4n) is 2.57. The number of hydrogen-bond acceptors (Lipinski definition) is 5. The molecule has 8 heteroatoms. The highest BCUT2D eigenvalue weighted by Gasteiger charge is 2.07. The summed E-state index contributed by atoms with van der Waals surface area (Å²) < 4.78 is 16.5. The average Bonchev–Trinajstić information content (AvgIpc) is 2.78. The van der Waals surface area contributed by atoms with Gasteiger partial charge < -0.3 is 14.2 Å². The summed E-state index contributed by atoms with van der Waals surface area (Å²) in [6.07, 6.45) is 1.48. The van der Waals surface area contributed by atoms with Crippen molar-refractivity contribution in [1.29, 1.82) is 0 Å². The summed E-state index contributed by atoms with van der Waals surface area (Å²) in [5.74, 6) is 1.14. The topological polar surface area (TPSA) is 69.2 Å². The first-order valence-corrected chi connectivity index (χ1v) is 10.1. The highest BCUT2D eigenvalue weighted by molar-refractivity contribution is 6.35. The number of amides is 1. The SMILES string of the molecule is COc1cc(OCc2ccccc2)ccc1C=NNC(=O)COc1ccc(Cl)cc1Cl. The molecular formula is C23H20Cl2N2O4. The van der Waals surface area contributed by atoms with Gasteiger partial charge in [0, 0.05) is 16.7 Å². The maximum atomic E-state index is 11.9. The van der Waals surface area contributed by atoms with Crippen LogP contribution in [0.5, 0.6) is 17.2 Å². The number of nitrogens with zero attached hydrogens (tertiary/aromatic N) is 1. The highest BCUT2D eigenvalue weighted by atomic mass is 35.5. The number of hydrogen-bond donors (Lipinski definition) is 1. The molecule has 31 heavy (non-hydrogen) atoms. The Labute approximate surface area is 190 Å². The van der Waals surface area contributed by atoms with Crippen molar-refractivity contribution in [2.45, 2.75) is 6.61 Å². The zero-order valence-corrected chi connectivity index (χ0v) is 18.2. The average molecular weight is 459 g/mol. The minimum absolute atomic E-state index is 0.248. The van der Waals surface area contributed by atoms with Gasteiger partial charge >= 0.3 is 0 Å². The lowest BCUT2D eigenvalue weighted by Gasteiger charge is -2.10. The fraction of sp³-hybridized carbons (Fsp3) is 0.130. The molecule has 0 saturated heterocycles. The van der Waals surface area contributed by atoms with E-state index < -0.39 is 5.91 Å². The van der Waals surface area contributed by atoms with Crippen molar-refractivity contribution < 1.29 is 19.0 Å². The third kappa shape index (κ3) is 6.91. The first kappa shape index (κ1) is 22.5. The first-order chi connectivity index (χ1) is 15.0. The van der Waals surface area contributed by atoms with Crippen molar-refractivity contribution in [3.8, 4) is 17.2 Å². The highest BCUT2D eigenvalue weighted by Crippen LogP contribution is 2.27. The number of benzene rings is 3. The molecule has 3 aromatic rings. The molecule has 0 aliphatic rings. The van der Waals surface area contributed by atoms with Crippen molar-refractivity contribution in [3.05, 3.63) is 87.9 Å². The molecule has 3 rings (SSSR count). The maximum Gasteiger partial charge on any atom is 0.277 e. The van der Waals surface area contributed by atoms with E-state index in [0.29, 0.717) is 39.5 Å². The van der Waals surface area contributed by atoms with Gasteiger partial charge in [-0.3, -0.25) is 4.79 Å². The number of carbonyl (C=O) groups excluding carboxylic acids is 1. The number of nitrogens with one attached hydrogen (secondary N) is 1. The summed E-state index contributed by atoms with van der Waals surface area (Å²) in [5.41, 5.74) is 4.14. The molecule has 3 aromatic carbocycles. The van der Waals surface area contributed by atoms with Crippen LogP contribution >= 0.6 is 23.2 Å². The molecular weight excluding hydrogens is 439 g/mol. The lowest BCUT2D eigenvalue weighted by molar-refractivity contribution is -0.123. The Morgan fingerprint density at radius 2 is 1.81 bits per heavy atom. The van der Waals surface area contributed by atoms with Crippen LogP contribution < -0.4 is 19.6 Å². The summed E-state index contributed by atoms with van der Waals surface area (Å²) in [6, 6.07) is 20.0. The molecule has 0 atom stereocenters. The molecule has 0 saturated carbocycles. The van der Waals surface area contributed by atoms with E-state index in [0.717, 1.165) is 5.56 Å². The van der Waals surface area contributed by atoms with Crippen LogP contribution in [0.15, 0.2) is 71.8 Å². The van der Waals surface area contributed by atoms with Crippen LogP contribution in [0.1, 0.15) is 11.1 Å². The third-order valence-corrected chi connectivity index (χ3v) is 4.63. The van der Waals surface area contributed by atoms with Crippen LogP contribution in [0.25, 0.3) is 0 Å². The number of carbonyl (C=O) groups is 1. The molecule has 0 aliphatic heterocycles. The van der Waals surface area contributed by atoms with Crippen molar-refractivity contribution in [1.82, 2.24) is 5.43 Å². The summed E-state index contributed by atoms with van der Waals surface area (Å²) in [5, 5.41) is 4.75. The van der Waals surface area contributed by atoms with Gasteiger partial charge in [-0.15, -0.1) is 0 Å². The molecule has 0 bridgehead atoms. The Kier molecular flexibility index (Phi) is 8.15. The second-order valence-corrected chi connectivity index (χ2v) is 7.18. The van der Waals surface area contributed by atoms with E-state index in [1.165, 1.54) is 12.3 Å². The van der Waals surface area contributed by atoms with E-state index in [2.05, 4.69) is 10.5 Å². The fourth-order valence-corrected chi connectivity index (χ4v) is 3.03. The Balaban J connectivity index is 1.52. The lowest BCUT2D eigenvalue weighted by atomic mass is 10.2. The molecule has 0 aromatic heterocycles. The molecule has 160 valence electrons. The van der Waals surface area contributed by atoms with Crippen LogP contribution in [0, 0.1) is 0 Å². The summed E-state index contributed by atoms with van der Waals surface area (Å²) in [7, 11) is 1.55. The first-order valence-electron chi connectivity index (χ1n) is 9.29. The molecule has 1 amide bonds. The van der Waals surface area contributed by atoms with E-state index in [4.69, 9.17) is 37.4 Å². The molecule has 0 spiro atoms. The second-order valence-electron chi connectivity index (χ2n) is 6.33. The number of rotatable bonds is 9. The summed E-state index contributed by atoms with van der Waals surface area (Å²) in [4.78, 5) is 11.9. The number of ether oxygens (including phenoxy) is 3. The largest absolute Gasteiger partial charge is 0.496 e. The lowest BCUT2D eigenvalue weighted by Crippen LogP contribution is -2.24. The molecule has 6 nitrogen and oxygen atoms in total. The van der Waals surface area contributed by atoms with Gasteiger partial charge in [-0.25, -0.2) is 5.43 Å². The smallest absolute Gasteiger partial charge is 0.277 e. The number of halogens is 2. The van der Waals surface area contributed by atoms with E-state index in [-0.39, 0.29) is 6.61 Å². The minimum Gasteiger partial charge on any atom is -0.496 e. The normalized spacial score (nSPS) is 10.7. The van der Waals surface area contributed by atoms with E-state index in [1.54, 1.807) is 37.4 Å². The van der Waals surface area contributed by atoms with Crippen LogP contribution in [-0.4, -0.2) is 25.8 Å². The molecule has 0 unspecified atom stereocenters. The quantitative estimate of drug-likeness (QED) is 0.357. The molecule has 0 fully saturated rings. The van der Waals surface area contributed by atoms with Crippen molar-refractivity contribution >= 4 is 35.3 Å². The van der Waals surface area contributed by atoms with E-state index in [1.807, 2.05) is 30.3 Å². The van der Waals surface area contributed by atoms with Gasteiger partial charge in [0.15, 0.2) is 6.61 Å². The van der Waals surface area contributed by atoms with Crippen molar-refractivity contribution in [2.24, 2.45) is 5.10 Å². The third-order valence-electron chi connectivity index (χ3n) is 4.10. The molecule has 0 radical (unpaired) electrons. The summed E-state index contributed by atoms with van der Waals surface area (Å²) >= 11 is 11.8. The van der Waals surface area contributed by atoms with Gasteiger partial charge in [0.05, 0.1) is 18.3 Å². The van der Waals surface area contributed by atoms with Crippen LogP contribution in [-0.2, 0) is 11.4 Å². The molecule has 1 N–H and O–H groups in total. The van der Waals surface area contributed by atoms with Crippen LogP contribution in [0.4, 0.5) is 0 Å². The second kappa shape index (κ2) is 11.2. The predicted octanol–water partition coefficient (Wildman–Crippen LogP) is 5.11. The van der Waals surface area contributed by atoms with Gasteiger partial charge in [0.25, 0.3) is 5.91 Å². The standard InChI is InChI=1S/C23H20Cl2N2O4/c1-29-22-12-19(30-14-16-5-3-2-4-6-16)9-7-17(22)13-26-27-23(28)15-31-21-10-8-18(24)11-20(21)25/h2-13H,14-15H2,1H3,(H,27,28). The number of methoxy groups -OCH3 is 1. The predicted molar refractivity (Wildman–Crippen MR) is 121 cm³/mol. The van der Waals surface area contributed by atoms with Gasteiger partial charge in [-0.05, 0) is 35.9 Å². The zero-order chi connectivity index (χ0) is 22.1. The number of hydrazone groups is 1. The van der Waals surface area contributed by atoms with Gasteiger partial charge in [0.1, 0.15) is 23.9 Å². The Morgan fingerprint density at radius 3 is 2.55 bits per heavy atom. The van der Waals surface area contributed by atoms with Crippen molar-refractivity contribution in [3.63, 3.8) is 0 Å². The van der Waals surface area contributed by atoms with Gasteiger partial charge in [-0.2, -0.15) is 5.10 Å². The Hall–Kier alpha value is -3.22. The van der Waals surface area contributed by atoms with Gasteiger partial charge in [-0.1, -0.05) is 53.5 Å². The molecule has 0 heterocycles. The van der Waals surface area contributed by atoms with E-state index >= 15 is 0 Å². The minimum atomic E-state index is -0.441. The Morgan fingerprint density at radius 1 is 1.00 bits per heavy atom. The van der Waals surface area contributed by atoms with E-state index in [9.17, 15) is 4.79 Å². The Bertz CT molecular complexity index is 1060. The van der Waals surface area contributed by atoms with Crippen LogP contribution in [0.2, 0.25) is 10.0 Å². The van der Waals surface area contributed by atoms with Gasteiger partial charge in [0.2, 0.25) is 0 Å². The van der Waals surface area contributed by atoms with Crippen LogP contribution in [0.3, 0.4) is 0 Å². The zero-order valence-electron chi connectivity index (χ0n) is 16.7. The van der Waals surface area contributed by atoms with Crippen molar-refractivity contribution in [2.75, 3.05) is 13.7 Å². The summed E-state index contributed by atoms with van der Waals surface area (Å²) in [6.45, 7) is 0.202. The molecule has 0 aliphatic carbocycles. The monoisotopic (exact) mass is 458 g/mol. The maximum absolute atomic E-state index is 11.9.